The maximum atomic E-state index is 6.10. The summed E-state index contributed by atoms with van der Waals surface area (Å²) >= 11 is 0. The Bertz CT molecular complexity index is 343. The number of rotatable bonds is 2. The lowest BCUT2D eigenvalue weighted by Gasteiger charge is -2.23. The summed E-state index contributed by atoms with van der Waals surface area (Å²) in [7, 11) is 0. The van der Waals surface area contributed by atoms with Crippen LogP contribution in [0.3, 0.4) is 0 Å². The molecule has 76 valence electrons. The average Bonchev–Trinajstić information content (AvgIpc) is 2.79. The van der Waals surface area contributed by atoms with Gasteiger partial charge in [0.1, 0.15) is 0 Å². The smallest absolute Gasteiger partial charge is 0.0149 e. The number of hydrogen-bond acceptors (Lipinski definition) is 1. The lowest BCUT2D eigenvalue weighted by atomic mass is 9.82. The molecule has 1 aromatic carbocycles. The van der Waals surface area contributed by atoms with Gasteiger partial charge in [-0.2, -0.15) is 0 Å². The van der Waals surface area contributed by atoms with Gasteiger partial charge in [-0.3, -0.25) is 0 Å². The zero-order valence-electron chi connectivity index (χ0n) is 9.25. The summed E-state index contributed by atoms with van der Waals surface area (Å²) in [6.07, 6.45) is 1.15. The first kappa shape index (κ1) is 9.72. The molecule has 0 spiro atoms. The molecule has 1 fully saturated rings. The van der Waals surface area contributed by atoms with E-state index >= 15 is 0 Å². The van der Waals surface area contributed by atoms with Crippen LogP contribution in [0.1, 0.15) is 31.4 Å². The van der Waals surface area contributed by atoms with Gasteiger partial charge in [-0.15, -0.1) is 0 Å². The highest BCUT2D eigenvalue weighted by Crippen LogP contribution is 2.53. The van der Waals surface area contributed by atoms with E-state index in [2.05, 4.69) is 45.0 Å². The van der Waals surface area contributed by atoms with Crippen LogP contribution in [0, 0.1) is 12.8 Å². The second-order valence-corrected chi connectivity index (χ2v) is 4.82. The summed E-state index contributed by atoms with van der Waals surface area (Å²) in [5.74, 6) is 0.638. The summed E-state index contributed by atoms with van der Waals surface area (Å²) in [5.41, 5.74) is 9.22. The van der Waals surface area contributed by atoms with Gasteiger partial charge >= 0.3 is 0 Å². The minimum atomic E-state index is 0.269. The topological polar surface area (TPSA) is 26.0 Å². The van der Waals surface area contributed by atoms with Gasteiger partial charge in [0.05, 0.1) is 0 Å². The molecule has 0 heterocycles. The zero-order valence-corrected chi connectivity index (χ0v) is 9.25. The van der Waals surface area contributed by atoms with E-state index in [0.29, 0.717) is 12.0 Å². The van der Waals surface area contributed by atoms with E-state index in [0.717, 1.165) is 6.42 Å². The van der Waals surface area contributed by atoms with E-state index in [1.54, 1.807) is 0 Å². The molecular formula is C13H19N. The highest BCUT2D eigenvalue weighted by atomic mass is 14.8. The molecule has 2 rings (SSSR count). The summed E-state index contributed by atoms with van der Waals surface area (Å²) in [4.78, 5) is 0. The highest BCUT2D eigenvalue weighted by molar-refractivity contribution is 5.41. The zero-order chi connectivity index (χ0) is 10.3. The average molecular weight is 189 g/mol. The van der Waals surface area contributed by atoms with Crippen molar-refractivity contribution in [3.8, 4) is 0 Å². The Morgan fingerprint density at radius 1 is 1.36 bits per heavy atom. The fourth-order valence-electron chi connectivity index (χ4n) is 2.68. The molecule has 0 amide bonds. The van der Waals surface area contributed by atoms with Gasteiger partial charge in [0, 0.05) is 11.5 Å². The normalized spacial score (nSPS) is 30.8. The van der Waals surface area contributed by atoms with Crippen LogP contribution in [0.5, 0.6) is 0 Å². The molecule has 0 aromatic heterocycles. The summed E-state index contributed by atoms with van der Waals surface area (Å²) in [6.45, 7) is 6.74. The van der Waals surface area contributed by atoms with Gasteiger partial charge < -0.3 is 5.73 Å². The molecule has 14 heavy (non-hydrogen) atoms. The van der Waals surface area contributed by atoms with Crippen LogP contribution in [0.4, 0.5) is 0 Å². The van der Waals surface area contributed by atoms with E-state index < -0.39 is 0 Å². The second kappa shape index (κ2) is 3.09. The van der Waals surface area contributed by atoms with E-state index in [1.165, 1.54) is 11.1 Å². The van der Waals surface area contributed by atoms with Gasteiger partial charge in [0.15, 0.2) is 0 Å². The SMILES string of the molecule is Cc1ccccc1C1(C(C)C)C[C@H]1N. The van der Waals surface area contributed by atoms with Gasteiger partial charge in [-0.1, -0.05) is 38.1 Å². The minimum Gasteiger partial charge on any atom is -0.327 e. The standard InChI is InChI=1S/C13H19N/c1-9(2)13(8-12(13)14)11-7-5-4-6-10(11)3/h4-7,9,12H,8,14H2,1-3H3/t12-,13?/m1/s1. The molecule has 1 nitrogen and oxygen atoms in total. The van der Waals surface area contributed by atoms with E-state index in [1.807, 2.05) is 0 Å². The van der Waals surface area contributed by atoms with E-state index in [4.69, 9.17) is 5.73 Å². The van der Waals surface area contributed by atoms with Crippen molar-refractivity contribution < 1.29 is 0 Å². The Morgan fingerprint density at radius 2 is 1.93 bits per heavy atom. The van der Waals surface area contributed by atoms with Crippen LogP contribution in [-0.2, 0) is 5.41 Å². The first-order valence-corrected chi connectivity index (χ1v) is 5.40. The third-order valence-corrected chi connectivity index (χ3v) is 3.74. The maximum Gasteiger partial charge on any atom is 0.0149 e. The summed E-state index contributed by atoms with van der Waals surface area (Å²) < 4.78 is 0. The van der Waals surface area contributed by atoms with Gasteiger partial charge in [0.25, 0.3) is 0 Å². The molecule has 0 radical (unpaired) electrons. The van der Waals surface area contributed by atoms with Crippen LogP contribution < -0.4 is 5.73 Å². The lowest BCUT2D eigenvalue weighted by molar-refractivity contribution is 0.464. The molecule has 1 aromatic rings. The van der Waals surface area contributed by atoms with Crippen LogP contribution >= 0.6 is 0 Å². The molecule has 0 saturated heterocycles. The Labute approximate surface area is 86.3 Å². The van der Waals surface area contributed by atoms with Crippen molar-refractivity contribution in [2.45, 2.75) is 38.6 Å². The fraction of sp³-hybridized carbons (Fsp3) is 0.538. The Morgan fingerprint density at radius 3 is 2.36 bits per heavy atom. The third kappa shape index (κ3) is 1.19. The number of hydrogen-bond donors (Lipinski definition) is 1. The molecule has 0 aliphatic heterocycles. The van der Waals surface area contributed by atoms with Crippen molar-refractivity contribution in [3.63, 3.8) is 0 Å². The monoisotopic (exact) mass is 189 g/mol. The molecule has 1 aliphatic rings. The highest BCUT2D eigenvalue weighted by Gasteiger charge is 2.55. The van der Waals surface area contributed by atoms with Gasteiger partial charge in [0.2, 0.25) is 0 Å². The second-order valence-electron chi connectivity index (χ2n) is 4.82. The lowest BCUT2D eigenvalue weighted by Crippen LogP contribution is -2.25. The predicted octanol–water partition coefficient (Wildman–Crippen LogP) is 2.62. The maximum absolute atomic E-state index is 6.10. The molecule has 2 N–H and O–H groups in total. The summed E-state index contributed by atoms with van der Waals surface area (Å²) in [5, 5.41) is 0. The predicted molar refractivity (Wildman–Crippen MR) is 60.3 cm³/mol. The summed E-state index contributed by atoms with van der Waals surface area (Å²) in [6, 6.07) is 9.01. The molecule has 2 atom stereocenters. The Hall–Kier alpha value is -0.820. The minimum absolute atomic E-state index is 0.269. The number of benzene rings is 1. The molecular weight excluding hydrogens is 170 g/mol. The van der Waals surface area contributed by atoms with Crippen LogP contribution in [0.25, 0.3) is 0 Å². The van der Waals surface area contributed by atoms with Crippen molar-refractivity contribution in [3.05, 3.63) is 35.4 Å². The van der Waals surface area contributed by atoms with E-state index in [-0.39, 0.29) is 5.41 Å². The molecule has 1 heteroatoms. The first-order valence-electron chi connectivity index (χ1n) is 5.40. The molecule has 1 aliphatic carbocycles. The van der Waals surface area contributed by atoms with Crippen molar-refractivity contribution >= 4 is 0 Å². The van der Waals surface area contributed by atoms with Gasteiger partial charge in [-0.25, -0.2) is 0 Å². The van der Waals surface area contributed by atoms with E-state index in [9.17, 15) is 0 Å². The Balaban J connectivity index is 2.44. The van der Waals surface area contributed by atoms with Crippen LogP contribution in [0.15, 0.2) is 24.3 Å². The van der Waals surface area contributed by atoms with Crippen molar-refractivity contribution in [2.75, 3.05) is 0 Å². The van der Waals surface area contributed by atoms with Crippen molar-refractivity contribution in [1.29, 1.82) is 0 Å². The van der Waals surface area contributed by atoms with Crippen molar-refractivity contribution in [2.24, 2.45) is 11.7 Å². The van der Waals surface area contributed by atoms with Crippen LogP contribution in [-0.4, -0.2) is 6.04 Å². The number of aryl methyl sites for hydroxylation is 1. The largest absolute Gasteiger partial charge is 0.327 e. The fourth-order valence-corrected chi connectivity index (χ4v) is 2.68. The van der Waals surface area contributed by atoms with Crippen LogP contribution in [0.2, 0.25) is 0 Å². The molecule has 1 saturated carbocycles. The molecule has 0 bridgehead atoms. The third-order valence-electron chi connectivity index (χ3n) is 3.74. The first-order chi connectivity index (χ1) is 6.59. The number of nitrogens with two attached hydrogens (primary N) is 1. The van der Waals surface area contributed by atoms with Gasteiger partial charge in [-0.05, 0) is 30.4 Å². The Kier molecular flexibility index (Phi) is 2.15. The quantitative estimate of drug-likeness (QED) is 0.760. The van der Waals surface area contributed by atoms with Crippen molar-refractivity contribution in [1.82, 2.24) is 0 Å². The molecule has 1 unspecified atom stereocenters.